The Balaban J connectivity index is 1.65. The molecule has 0 radical (unpaired) electrons. The Morgan fingerprint density at radius 1 is 1.00 bits per heavy atom. The van der Waals surface area contributed by atoms with Gasteiger partial charge in [-0.1, -0.05) is 45.8 Å². The van der Waals surface area contributed by atoms with Crippen LogP contribution >= 0.6 is 0 Å². The van der Waals surface area contributed by atoms with E-state index >= 15 is 0 Å². The van der Waals surface area contributed by atoms with Gasteiger partial charge in [-0.05, 0) is 118 Å². The average Bonchev–Trinajstić information content (AvgIpc) is 2.99. The molecule has 0 aromatic carbocycles. The summed E-state index contributed by atoms with van der Waals surface area (Å²) in [5, 5.41) is 31.2. The third-order valence-electron chi connectivity index (χ3n) is 11.9. The van der Waals surface area contributed by atoms with Gasteiger partial charge in [-0.15, -0.1) is 0 Å². The number of fused-ring (bicyclic) bond motifs is 4. The molecule has 7 atom stereocenters. The zero-order chi connectivity index (χ0) is 25.3. The summed E-state index contributed by atoms with van der Waals surface area (Å²) in [6.07, 6.45) is 10.3. The minimum Gasteiger partial charge on any atom is -0.481 e. The quantitative estimate of drug-likeness (QED) is 0.373. The van der Waals surface area contributed by atoms with E-state index in [9.17, 15) is 20.1 Å². The summed E-state index contributed by atoms with van der Waals surface area (Å²) in [4.78, 5) is 12.5. The lowest BCUT2D eigenvalue weighted by Gasteiger charge is -2.62. The fourth-order valence-corrected chi connectivity index (χ4v) is 9.61. The van der Waals surface area contributed by atoms with Crippen molar-refractivity contribution in [3.8, 4) is 0 Å². The van der Waals surface area contributed by atoms with Gasteiger partial charge in [0.15, 0.2) is 0 Å². The maximum atomic E-state index is 12.5. The molecule has 3 N–H and O–H groups in total. The highest BCUT2D eigenvalue weighted by Gasteiger charge is 2.64. The Morgan fingerprint density at radius 2 is 1.68 bits per heavy atom. The minimum absolute atomic E-state index is 0.0104. The zero-order valence-corrected chi connectivity index (χ0v) is 22.8. The summed E-state index contributed by atoms with van der Waals surface area (Å²) in [6.45, 7) is 15.5. The van der Waals surface area contributed by atoms with Gasteiger partial charge in [-0.3, -0.25) is 4.79 Å². The van der Waals surface area contributed by atoms with Crippen LogP contribution < -0.4 is 0 Å². The lowest BCUT2D eigenvalue weighted by atomic mass is 9.43. The molecule has 0 bridgehead atoms. The normalized spacial score (nSPS) is 42.6. The Morgan fingerprint density at radius 3 is 2.29 bits per heavy atom. The lowest BCUT2D eigenvalue weighted by molar-refractivity contribution is -0.147. The molecule has 2 saturated carbocycles. The molecule has 0 amide bonds. The second-order valence-electron chi connectivity index (χ2n) is 14.4. The third kappa shape index (κ3) is 3.81. The van der Waals surface area contributed by atoms with Crippen molar-refractivity contribution in [1.29, 1.82) is 0 Å². The molecular weight excluding hydrogens is 424 g/mol. The van der Waals surface area contributed by atoms with Crippen molar-refractivity contribution < 1.29 is 20.1 Å². The Hall–Kier alpha value is -0.870. The largest absolute Gasteiger partial charge is 0.481 e. The Bertz CT molecular complexity index is 850. The van der Waals surface area contributed by atoms with Gasteiger partial charge >= 0.3 is 5.97 Å². The fourth-order valence-electron chi connectivity index (χ4n) is 9.61. The first-order valence-electron chi connectivity index (χ1n) is 13.9. The number of carboxylic acid groups (broad SMARTS) is 1. The van der Waals surface area contributed by atoms with E-state index in [1.54, 1.807) is 11.1 Å². The number of aliphatic hydroxyl groups is 2. The van der Waals surface area contributed by atoms with Crippen LogP contribution in [0.2, 0.25) is 0 Å². The lowest BCUT2D eigenvalue weighted by Crippen LogP contribution is -2.55. The molecule has 0 aromatic rings. The molecule has 0 aliphatic heterocycles. The fraction of sp³-hybridized carbons (Fsp3) is 0.900. The molecule has 4 aliphatic carbocycles. The van der Waals surface area contributed by atoms with Crippen LogP contribution in [0.5, 0.6) is 0 Å². The minimum atomic E-state index is -0.739. The highest BCUT2D eigenvalue weighted by Crippen LogP contribution is 2.72. The number of hydrogen-bond acceptors (Lipinski definition) is 3. The topological polar surface area (TPSA) is 77.8 Å². The van der Waals surface area contributed by atoms with Crippen molar-refractivity contribution in [3.63, 3.8) is 0 Å². The van der Waals surface area contributed by atoms with Gasteiger partial charge in [0.2, 0.25) is 0 Å². The van der Waals surface area contributed by atoms with E-state index in [1.807, 2.05) is 13.8 Å². The van der Waals surface area contributed by atoms with Crippen molar-refractivity contribution in [2.45, 2.75) is 131 Å². The summed E-state index contributed by atoms with van der Waals surface area (Å²) in [6, 6.07) is 0. The van der Waals surface area contributed by atoms with Gasteiger partial charge < -0.3 is 15.3 Å². The summed E-state index contributed by atoms with van der Waals surface area (Å²) in [5.74, 6) is -0.265. The van der Waals surface area contributed by atoms with Gasteiger partial charge in [0.1, 0.15) is 0 Å². The first-order valence-corrected chi connectivity index (χ1v) is 13.9. The number of aliphatic hydroxyl groups excluding tert-OH is 1. The Labute approximate surface area is 207 Å². The first-order chi connectivity index (χ1) is 15.6. The molecule has 4 heteroatoms. The van der Waals surface area contributed by atoms with E-state index in [1.165, 1.54) is 0 Å². The van der Waals surface area contributed by atoms with Gasteiger partial charge in [-0.25, -0.2) is 0 Å². The number of allylic oxidation sites excluding steroid dienone is 2. The smallest absolute Gasteiger partial charge is 0.306 e. The molecule has 1 unspecified atom stereocenters. The van der Waals surface area contributed by atoms with Crippen LogP contribution in [0.25, 0.3) is 0 Å². The van der Waals surface area contributed by atoms with Gasteiger partial charge in [0, 0.05) is 0 Å². The maximum absolute atomic E-state index is 12.5. The van der Waals surface area contributed by atoms with Crippen molar-refractivity contribution >= 4 is 5.97 Å². The predicted octanol–water partition coefficient (Wildman–Crippen LogP) is 6.74. The third-order valence-corrected chi connectivity index (χ3v) is 11.9. The number of hydrogen-bond donors (Lipinski definition) is 3. The molecule has 0 aromatic heterocycles. The highest BCUT2D eigenvalue weighted by molar-refractivity contribution is 5.70. The SMILES string of the molecule is CC(C)(O)CCC[C@@H](C(=O)O)[C@H]1CC[C@@]2(C)C3=C(CC[C@]12C)[C@@]1(C)CC[C@H](O)C(C)(C)C1CC3. The number of rotatable bonds is 6. The molecular formula is C30H50O4. The molecule has 0 spiro atoms. The van der Waals surface area contributed by atoms with Gasteiger partial charge in [0.25, 0.3) is 0 Å². The van der Waals surface area contributed by atoms with Crippen LogP contribution in [0.3, 0.4) is 0 Å². The van der Waals surface area contributed by atoms with Gasteiger partial charge in [0.05, 0.1) is 17.6 Å². The molecule has 194 valence electrons. The van der Waals surface area contributed by atoms with Crippen LogP contribution in [0.15, 0.2) is 11.1 Å². The highest BCUT2D eigenvalue weighted by atomic mass is 16.4. The van der Waals surface area contributed by atoms with Crippen LogP contribution in [0, 0.1) is 39.4 Å². The van der Waals surface area contributed by atoms with E-state index in [-0.39, 0.29) is 39.6 Å². The van der Waals surface area contributed by atoms with E-state index in [0.29, 0.717) is 18.8 Å². The van der Waals surface area contributed by atoms with E-state index in [0.717, 1.165) is 57.8 Å². The van der Waals surface area contributed by atoms with Crippen LogP contribution in [-0.2, 0) is 4.79 Å². The predicted molar refractivity (Wildman–Crippen MR) is 136 cm³/mol. The second kappa shape index (κ2) is 8.33. The van der Waals surface area contributed by atoms with E-state index in [4.69, 9.17) is 0 Å². The van der Waals surface area contributed by atoms with Crippen molar-refractivity contribution in [2.24, 2.45) is 39.4 Å². The number of carboxylic acids is 1. The molecule has 4 rings (SSSR count). The standard InChI is InChI=1S/C30H50O4/c1-26(2,34)15-8-9-19(25(32)33)20-12-17-30(7)22-10-11-23-27(3,4)24(31)14-16-28(23,5)21(22)13-18-29(20,30)6/h19-20,23-24,31,34H,8-18H2,1-7H3,(H,32,33)/t19-,20-,23?,24+,28-,29-,30+/m1/s1. The van der Waals surface area contributed by atoms with Gasteiger partial charge in [-0.2, -0.15) is 0 Å². The first kappa shape index (κ1) is 26.2. The monoisotopic (exact) mass is 474 g/mol. The molecule has 4 aliphatic rings. The van der Waals surface area contributed by atoms with E-state index < -0.39 is 11.6 Å². The average molecular weight is 475 g/mol. The number of aliphatic carboxylic acids is 1. The van der Waals surface area contributed by atoms with Crippen LogP contribution in [-0.4, -0.2) is 33.0 Å². The van der Waals surface area contributed by atoms with Crippen LogP contribution in [0.4, 0.5) is 0 Å². The molecule has 4 nitrogen and oxygen atoms in total. The summed E-state index contributed by atoms with van der Waals surface area (Å²) in [5.41, 5.74) is 2.79. The summed E-state index contributed by atoms with van der Waals surface area (Å²) < 4.78 is 0. The molecule has 2 fully saturated rings. The van der Waals surface area contributed by atoms with Crippen molar-refractivity contribution in [2.75, 3.05) is 0 Å². The van der Waals surface area contributed by atoms with Crippen LogP contribution in [0.1, 0.15) is 119 Å². The maximum Gasteiger partial charge on any atom is 0.306 e. The summed E-state index contributed by atoms with van der Waals surface area (Å²) >= 11 is 0. The molecule has 34 heavy (non-hydrogen) atoms. The molecule has 0 saturated heterocycles. The number of carbonyl (C=O) groups is 1. The van der Waals surface area contributed by atoms with E-state index in [2.05, 4.69) is 34.6 Å². The summed E-state index contributed by atoms with van der Waals surface area (Å²) in [7, 11) is 0. The Kier molecular flexibility index (Phi) is 6.42. The zero-order valence-electron chi connectivity index (χ0n) is 22.8. The van der Waals surface area contributed by atoms with Crippen molar-refractivity contribution in [3.05, 3.63) is 11.1 Å². The molecule has 0 heterocycles. The second-order valence-corrected chi connectivity index (χ2v) is 14.4. The van der Waals surface area contributed by atoms with Crippen molar-refractivity contribution in [1.82, 2.24) is 0 Å².